The quantitative estimate of drug-likeness (QED) is 0.571. The van der Waals surface area contributed by atoms with Gasteiger partial charge in [-0.15, -0.1) is 0 Å². The normalized spacial score (nSPS) is 15.7. The van der Waals surface area contributed by atoms with Crippen molar-refractivity contribution in [1.82, 2.24) is 0 Å². The van der Waals surface area contributed by atoms with Crippen molar-refractivity contribution < 1.29 is 5.11 Å². The Morgan fingerprint density at radius 1 is 1.44 bits per heavy atom. The Balaban J connectivity index is 3.47. The van der Waals surface area contributed by atoms with Crippen LogP contribution in [0.25, 0.3) is 0 Å². The summed E-state index contributed by atoms with van der Waals surface area (Å²) < 4.78 is 0. The number of hydrogen-bond acceptors (Lipinski definition) is 2. The van der Waals surface area contributed by atoms with E-state index in [1.165, 1.54) is 0 Å². The summed E-state index contributed by atoms with van der Waals surface area (Å²) in [5.41, 5.74) is 0.287. The maximum absolute atomic E-state index is 8.62. The summed E-state index contributed by atoms with van der Waals surface area (Å²) in [5, 5.41) is 8.77. The highest BCUT2D eigenvalue weighted by Gasteiger charge is 2.14. The number of aliphatic hydroxyl groups excluding tert-OH is 1. The van der Waals surface area contributed by atoms with E-state index in [0.717, 1.165) is 6.42 Å². The molecule has 0 spiro atoms. The van der Waals surface area contributed by atoms with Crippen molar-refractivity contribution in [2.75, 3.05) is 6.61 Å². The van der Waals surface area contributed by atoms with E-state index >= 15 is 0 Å². The standard InChI is InChI=1S/C7H16OS/c1-7(2,3)4-6(9)5-8/h6,8-9H,4-5H2,1-3H3. The molecule has 1 unspecified atom stereocenters. The van der Waals surface area contributed by atoms with Crippen LogP contribution >= 0.6 is 12.6 Å². The number of thiol groups is 1. The van der Waals surface area contributed by atoms with E-state index < -0.39 is 0 Å². The zero-order valence-electron chi connectivity index (χ0n) is 6.39. The molecule has 0 aliphatic rings. The molecule has 0 aliphatic carbocycles. The Morgan fingerprint density at radius 3 is 2.00 bits per heavy atom. The molecule has 0 saturated heterocycles. The fourth-order valence-electron chi connectivity index (χ4n) is 0.771. The van der Waals surface area contributed by atoms with Crippen molar-refractivity contribution in [3.05, 3.63) is 0 Å². The Hall–Kier alpha value is 0.310. The molecule has 0 radical (unpaired) electrons. The highest BCUT2D eigenvalue weighted by molar-refractivity contribution is 7.81. The Labute approximate surface area is 62.9 Å². The molecular formula is C7H16OS. The fraction of sp³-hybridized carbons (Fsp3) is 1.00. The molecule has 0 aromatic carbocycles. The molecule has 1 nitrogen and oxygen atoms in total. The highest BCUT2D eigenvalue weighted by atomic mass is 32.1. The summed E-state index contributed by atoms with van der Waals surface area (Å²) >= 11 is 4.17. The average molecular weight is 148 g/mol. The summed E-state index contributed by atoms with van der Waals surface area (Å²) in [7, 11) is 0. The van der Waals surface area contributed by atoms with Crippen LogP contribution in [0.4, 0.5) is 0 Å². The molecule has 0 rings (SSSR count). The van der Waals surface area contributed by atoms with E-state index in [9.17, 15) is 0 Å². The van der Waals surface area contributed by atoms with Gasteiger partial charge < -0.3 is 5.11 Å². The predicted octanol–water partition coefficient (Wildman–Crippen LogP) is 1.71. The third-order valence-corrected chi connectivity index (χ3v) is 1.40. The van der Waals surface area contributed by atoms with Gasteiger partial charge in [-0.05, 0) is 11.8 Å². The SMILES string of the molecule is CC(C)(C)CC(S)CO. The summed E-state index contributed by atoms with van der Waals surface area (Å²) in [5.74, 6) is 0. The molecule has 1 N–H and O–H groups in total. The van der Waals surface area contributed by atoms with Gasteiger partial charge in [-0.25, -0.2) is 0 Å². The fourth-order valence-corrected chi connectivity index (χ4v) is 1.32. The van der Waals surface area contributed by atoms with Crippen LogP contribution in [0.5, 0.6) is 0 Å². The minimum Gasteiger partial charge on any atom is -0.395 e. The van der Waals surface area contributed by atoms with Crippen molar-refractivity contribution in [1.29, 1.82) is 0 Å². The lowest BCUT2D eigenvalue weighted by molar-refractivity contribution is 0.260. The van der Waals surface area contributed by atoms with Crippen LogP contribution in [-0.2, 0) is 0 Å². The predicted molar refractivity (Wildman–Crippen MR) is 43.9 cm³/mol. The van der Waals surface area contributed by atoms with E-state index in [-0.39, 0.29) is 17.3 Å². The second-order valence-corrected chi connectivity index (χ2v) is 4.33. The zero-order chi connectivity index (χ0) is 7.49. The zero-order valence-corrected chi connectivity index (χ0v) is 7.28. The molecule has 0 bridgehead atoms. The van der Waals surface area contributed by atoms with Crippen LogP contribution < -0.4 is 0 Å². The highest BCUT2D eigenvalue weighted by Crippen LogP contribution is 2.22. The van der Waals surface area contributed by atoms with Gasteiger partial charge in [0, 0.05) is 5.25 Å². The topological polar surface area (TPSA) is 20.2 Å². The van der Waals surface area contributed by atoms with Gasteiger partial charge in [-0.3, -0.25) is 0 Å². The molecule has 1 atom stereocenters. The molecule has 0 fully saturated rings. The minimum atomic E-state index is 0.144. The van der Waals surface area contributed by atoms with Gasteiger partial charge in [0.1, 0.15) is 0 Å². The summed E-state index contributed by atoms with van der Waals surface area (Å²) in [6, 6.07) is 0. The third-order valence-electron chi connectivity index (χ3n) is 1.06. The molecule has 0 aromatic rings. The van der Waals surface area contributed by atoms with E-state index in [2.05, 4.69) is 33.4 Å². The van der Waals surface area contributed by atoms with Gasteiger partial charge in [-0.2, -0.15) is 12.6 Å². The molecule has 56 valence electrons. The first-order valence-electron chi connectivity index (χ1n) is 3.24. The summed E-state index contributed by atoms with van der Waals surface area (Å²) in [6.07, 6.45) is 0.965. The van der Waals surface area contributed by atoms with E-state index in [4.69, 9.17) is 5.11 Å². The first kappa shape index (κ1) is 9.31. The lowest BCUT2D eigenvalue weighted by Gasteiger charge is -2.20. The second-order valence-electron chi connectivity index (χ2n) is 3.60. The number of rotatable bonds is 2. The number of aliphatic hydroxyl groups is 1. The molecule has 0 heterocycles. The van der Waals surface area contributed by atoms with Crippen molar-refractivity contribution in [3.63, 3.8) is 0 Å². The van der Waals surface area contributed by atoms with Crippen LogP contribution in [0.1, 0.15) is 27.2 Å². The number of hydrogen-bond donors (Lipinski definition) is 2. The van der Waals surface area contributed by atoms with E-state index in [0.29, 0.717) is 0 Å². The Bertz CT molecular complexity index is 75.5. The molecule has 0 aromatic heterocycles. The largest absolute Gasteiger partial charge is 0.395 e. The van der Waals surface area contributed by atoms with Gasteiger partial charge in [0.2, 0.25) is 0 Å². The molecular weight excluding hydrogens is 132 g/mol. The van der Waals surface area contributed by atoms with Crippen LogP contribution in [-0.4, -0.2) is 17.0 Å². The van der Waals surface area contributed by atoms with Crippen molar-refractivity contribution >= 4 is 12.6 Å². The van der Waals surface area contributed by atoms with Crippen LogP contribution in [0, 0.1) is 5.41 Å². The second kappa shape index (κ2) is 3.47. The molecule has 2 heteroatoms. The van der Waals surface area contributed by atoms with Gasteiger partial charge in [0.05, 0.1) is 6.61 Å². The minimum absolute atomic E-state index is 0.144. The first-order chi connectivity index (χ1) is 3.95. The summed E-state index contributed by atoms with van der Waals surface area (Å²) in [6.45, 7) is 6.62. The van der Waals surface area contributed by atoms with Gasteiger partial charge >= 0.3 is 0 Å². The Morgan fingerprint density at radius 2 is 1.89 bits per heavy atom. The lowest BCUT2D eigenvalue weighted by atomic mass is 9.90. The third kappa shape index (κ3) is 6.19. The molecule has 0 aliphatic heterocycles. The van der Waals surface area contributed by atoms with Gasteiger partial charge in [-0.1, -0.05) is 20.8 Å². The van der Waals surface area contributed by atoms with Gasteiger partial charge in [0.25, 0.3) is 0 Å². The van der Waals surface area contributed by atoms with E-state index in [1.807, 2.05) is 0 Å². The first-order valence-corrected chi connectivity index (χ1v) is 3.76. The van der Waals surface area contributed by atoms with Crippen LogP contribution in [0.3, 0.4) is 0 Å². The monoisotopic (exact) mass is 148 g/mol. The Kier molecular flexibility index (Phi) is 3.59. The lowest BCUT2D eigenvalue weighted by Crippen LogP contribution is -2.15. The molecule has 9 heavy (non-hydrogen) atoms. The maximum atomic E-state index is 8.62. The maximum Gasteiger partial charge on any atom is 0.0547 e. The molecule has 0 saturated carbocycles. The molecule has 0 amide bonds. The van der Waals surface area contributed by atoms with Crippen molar-refractivity contribution in [2.24, 2.45) is 5.41 Å². The smallest absolute Gasteiger partial charge is 0.0547 e. The van der Waals surface area contributed by atoms with Crippen molar-refractivity contribution in [3.8, 4) is 0 Å². The van der Waals surface area contributed by atoms with Crippen LogP contribution in [0.15, 0.2) is 0 Å². The van der Waals surface area contributed by atoms with Gasteiger partial charge in [0.15, 0.2) is 0 Å². The average Bonchev–Trinajstić information content (AvgIpc) is 1.62. The van der Waals surface area contributed by atoms with Crippen molar-refractivity contribution in [2.45, 2.75) is 32.4 Å². The van der Waals surface area contributed by atoms with Crippen LogP contribution in [0.2, 0.25) is 0 Å². The summed E-state index contributed by atoms with van der Waals surface area (Å²) in [4.78, 5) is 0. The van der Waals surface area contributed by atoms with E-state index in [1.54, 1.807) is 0 Å².